The second kappa shape index (κ2) is 8.39. The van der Waals surface area contributed by atoms with Crippen LogP contribution in [0.15, 0.2) is 4.99 Å². The van der Waals surface area contributed by atoms with Crippen LogP contribution in [0, 0.1) is 17.3 Å². The van der Waals surface area contributed by atoms with Crippen LogP contribution in [0.2, 0.25) is 0 Å². The molecule has 0 aliphatic carbocycles. The number of carbonyl (C=O) groups is 1. The van der Waals surface area contributed by atoms with Gasteiger partial charge in [-0.15, -0.1) is 0 Å². The molecule has 1 aliphatic heterocycles. The molecule has 0 saturated carbocycles. The van der Waals surface area contributed by atoms with Gasteiger partial charge in [0.1, 0.15) is 0 Å². The molecule has 5 heteroatoms. The first-order chi connectivity index (χ1) is 10.2. The summed E-state index contributed by atoms with van der Waals surface area (Å²) in [7, 11) is 1.83. The maximum Gasteiger partial charge on any atom is 0.217 e. The number of nitrogens with one attached hydrogen (secondary N) is 1. The number of nitrogens with zero attached hydrogens (tertiary/aromatic N) is 2. The number of primary amides is 1. The number of carbonyl (C=O) groups excluding carboxylic acids is 1. The van der Waals surface area contributed by atoms with Crippen molar-refractivity contribution < 1.29 is 4.79 Å². The first-order valence-corrected chi connectivity index (χ1v) is 8.47. The van der Waals surface area contributed by atoms with Crippen LogP contribution >= 0.6 is 0 Å². The van der Waals surface area contributed by atoms with Gasteiger partial charge in [-0.05, 0) is 36.5 Å². The van der Waals surface area contributed by atoms with Crippen molar-refractivity contribution in [2.75, 3.05) is 26.7 Å². The molecule has 1 fully saturated rings. The smallest absolute Gasteiger partial charge is 0.217 e. The molecule has 1 heterocycles. The molecule has 1 amide bonds. The summed E-state index contributed by atoms with van der Waals surface area (Å²) in [5.74, 6) is 1.79. The Morgan fingerprint density at radius 3 is 2.68 bits per heavy atom. The molecule has 0 aromatic heterocycles. The van der Waals surface area contributed by atoms with Crippen LogP contribution in [0.25, 0.3) is 0 Å². The van der Waals surface area contributed by atoms with Crippen LogP contribution < -0.4 is 11.1 Å². The van der Waals surface area contributed by atoms with Gasteiger partial charge in [-0.1, -0.05) is 27.7 Å². The zero-order chi connectivity index (χ0) is 16.8. The van der Waals surface area contributed by atoms with Crippen molar-refractivity contribution in [3.05, 3.63) is 0 Å². The number of guanidine groups is 1. The first kappa shape index (κ1) is 18.8. The van der Waals surface area contributed by atoms with Gasteiger partial charge in [-0.3, -0.25) is 9.79 Å². The van der Waals surface area contributed by atoms with E-state index in [1.54, 1.807) is 0 Å². The molecule has 0 bridgehead atoms. The Hall–Kier alpha value is -1.26. The van der Waals surface area contributed by atoms with Gasteiger partial charge in [0.05, 0.1) is 0 Å². The molecule has 0 radical (unpaired) electrons. The number of hydrogen-bond donors (Lipinski definition) is 2. The molecule has 1 atom stereocenters. The molecule has 0 aromatic carbocycles. The highest BCUT2D eigenvalue weighted by atomic mass is 16.1. The number of amides is 1. The van der Waals surface area contributed by atoms with Gasteiger partial charge in [0.15, 0.2) is 5.96 Å². The number of piperidine rings is 1. The van der Waals surface area contributed by atoms with Gasteiger partial charge in [-0.2, -0.15) is 0 Å². The fourth-order valence-electron chi connectivity index (χ4n) is 3.54. The van der Waals surface area contributed by atoms with E-state index in [2.05, 4.69) is 42.9 Å². The lowest BCUT2D eigenvalue weighted by molar-refractivity contribution is -0.119. The molecule has 1 rings (SSSR count). The monoisotopic (exact) mass is 310 g/mol. The highest BCUT2D eigenvalue weighted by Gasteiger charge is 2.25. The minimum Gasteiger partial charge on any atom is -0.370 e. The Balaban J connectivity index is 2.55. The maximum absolute atomic E-state index is 11.1. The Bertz CT molecular complexity index is 390. The van der Waals surface area contributed by atoms with E-state index >= 15 is 0 Å². The van der Waals surface area contributed by atoms with Gasteiger partial charge >= 0.3 is 0 Å². The second-order valence-corrected chi connectivity index (χ2v) is 7.79. The topological polar surface area (TPSA) is 70.7 Å². The van der Waals surface area contributed by atoms with E-state index in [-0.39, 0.29) is 11.3 Å². The summed E-state index contributed by atoms with van der Waals surface area (Å²) in [5, 5.41) is 3.52. The van der Waals surface area contributed by atoms with Gasteiger partial charge in [0.2, 0.25) is 5.91 Å². The zero-order valence-corrected chi connectivity index (χ0v) is 15.0. The molecular formula is C17H34N4O. The van der Waals surface area contributed by atoms with Crippen molar-refractivity contribution >= 4 is 11.9 Å². The third-order valence-corrected chi connectivity index (χ3v) is 4.21. The summed E-state index contributed by atoms with van der Waals surface area (Å²) >= 11 is 0. The largest absolute Gasteiger partial charge is 0.370 e. The minimum atomic E-state index is -0.201. The van der Waals surface area contributed by atoms with E-state index in [0.717, 1.165) is 38.4 Å². The lowest BCUT2D eigenvalue weighted by Gasteiger charge is -2.36. The standard InChI is InChI=1S/C17H34N4O/c1-13(2)10-17(3,4)12-20-16(19-5)21-8-6-7-14(11-21)9-15(18)22/h13-14H,6-12H2,1-5H3,(H2,18,22)(H,19,20). The number of nitrogens with two attached hydrogens (primary N) is 1. The first-order valence-electron chi connectivity index (χ1n) is 8.47. The normalized spacial score (nSPS) is 20.4. The van der Waals surface area contributed by atoms with Crippen molar-refractivity contribution in [3.8, 4) is 0 Å². The fraction of sp³-hybridized carbons (Fsp3) is 0.882. The van der Waals surface area contributed by atoms with Crippen molar-refractivity contribution in [2.45, 2.75) is 53.4 Å². The van der Waals surface area contributed by atoms with Crippen LogP contribution in [0.3, 0.4) is 0 Å². The molecule has 0 spiro atoms. The lowest BCUT2D eigenvalue weighted by atomic mass is 9.84. The van der Waals surface area contributed by atoms with Crippen molar-refractivity contribution in [2.24, 2.45) is 28.0 Å². The van der Waals surface area contributed by atoms with Gasteiger partial charge in [0.25, 0.3) is 0 Å². The Morgan fingerprint density at radius 2 is 2.14 bits per heavy atom. The van der Waals surface area contributed by atoms with Crippen LogP contribution in [-0.2, 0) is 4.79 Å². The van der Waals surface area contributed by atoms with Gasteiger partial charge in [-0.25, -0.2) is 0 Å². The molecule has 5 nitrogen and oxygen atoms in total. The fourth-order valence-corrected chi connectivity index (χ4v) is 3.54. The van der Waals surface area contributed by atoms with E-state index in [1.165, 1.54) is 6.42 Å². The summed E-state index contributed by atoms with van der Waals surface area (Å²) in [6.07, 6.45) is 3.83. The summed E-state index contributed by atoms with van der Waals surface area (Å²) in [5.41, 5.74) is 5.58. The van der Waals surface area contributed by atoms with Crippen molar-refractivity contribution in [3.63, 3.8) is 0 Å². The van der Waals surface area contributed by atoms with Crippen molar-refractivity contribution in [1.82, 2.24) is 10.2 Å². The van der Waals surface area contributed by atoms with E-state index in [4.69, 9.17) is 5.73 Å². The Kier molecular flexibility index (Phi) is 7.17. The predicted octanol–water partition coefficient (Wildman–Crippen LogP) is 2.22. The number of rotatable bonds is 6. The molecule has 1 unspecified atom stereocenters. The quantitative estimate of drug-likeness (QED) is 0.584. The average molecular weight is 310 g/mol. The van der Waals surface area contributed by atoms with Crippen LogP contribution in [-0.4, -0.2) is 43.4 Å². The molecule has 3 N–H and O–H groups in total. The summed E-state index contributed by atoms with van der Waals surface area (Å²) < 4.78 is 0. The van der Waals surface area contributed by atoms with Crippen LogP contribution in [0.4, 0.5) is 0 Å². The SMILES string of the molecule is CN=C(NCC(C)(C)CC(C)C)N1CCCC(CC(N)=O)C1. The zero-order valence-electron chi connectivity index (χ0n) is 15.0. The highest BCUT2D eigenvalue weighted by molar-refractivity contribution is 5.80. The third kappa shape index (κ3) is 6.67. The molecule has 1 saturated heterocycles. The summed E-state index contributed by atoms with van der Waals surface area (Å²) in [4.78, 5) is 17.8. The average Bonchev–Trinajstić information content (AvgIpc) is 2.37. The maximum atomic E-state index is 11.1. The molecule has 1 aliphatic rings. The molecule has 128 valence electrons. The summed E-state index contributed by atoms with van der Waals surface area (Å²) in [6, 6.07) is 0. The van der Waals surface area contributed by atoms with Crippen molar-refractivity contribution in [1.29, 1.82) is 0 Å². The van der Waals surface area contributed by atoms with E-state index < -0.39 is 0 Å². The van der Waals surface area contributed by atoms with Crippen LogP contribution in [0.5, 0.6) is 0 Å². The highest BCUT2D eigenvalue weighted by Crippen LogP contribution is 2.24. The minimum absolute atomic E-state index is 0.201. The van der Waals surface area contributed by atoms with E-state index in [9.17, 15) is 4.79 Å². The van der Waals surface area contributed by atoms with E-state index in [0.29, 0.717) is 18.3 Å². The van der Waals surface area contributed by atoms with Crippen LogP contribution in [0.1, 0.15) is 53.4 Å². The summed E-state index contributed by atoms with van der Waals surface area (Å²) in [6.45, 7) is 11.9. The Morgan fingerprint density at radius 1 is 1.45 bits per heavy atom. The number of likely N-dealkylation sites (tertiary alicyclic amines) is 1. The molecule has 0 aromatic rings. The van der Waals surface area contributed by atoms with Gasteiger partial charge < -0.3 is 16.0 Å². The molecular weight excluding hydrogens is 276 g/mol. The Labute approximate surface area is 135 Å². The second-order valence-electron chi connectivity index (χ2n) is 7.79. The predicted molar refractivity (Wildman–Crippen MR) is 92.7 cm³/mol. The van der Waals surface area contributed by atoms with E-state index in [1.807, 2.05) is 7.05 Å². The number of hydrogen-bond acceptors (Lipinski definition) is 2. The third-order valence-electron chi connectivity index (χ3n) is 4.21. The van der Waals surface area contributed by atoms with Gasteiger partial charge in [0, 0.05) is 33.1 Å². The lowest BCUT2D eigenvalue weighted by Crippen LogP contribution is -2.49. The molecule has 22 heavy (non-hydrogen) atoms. The number of aliphatic imine (C=N–C) groups is 1.